The van der Waals surface area contributed by atoms with Crippen molar-refractivity contribution in [1.82, 2.24) is 15.1 Å². The third kappa shape index (κ3) is 3.80. The first kappa shape index (κ1) is 14.0. The highest BCUT2D eigenvalue weighted by atomic mass is 35.5. The Hall–Kier alpha value is -1.92. The summed E-state index contributed by atoms with van der Waals surface area (Å²) in [4.78, 5) is 8.73. The van der Waals surface area contributed by atoms with Gasteiger partial charge in [-0.2, -0.15) is 4.98 Å². The second-order valence-corrected chi connectivity index (χ2v) is 6.00. The van der Waals surface area contributed by atoms with E-state index in [9.17, 15) is 0 Å². The Morgan fingerprint density at radius 2 is 2.24 bits per heavy atom. The number of rotatable bonds is 5. The van der Waals surface area contributed by atoms with Crippen LogP contribution in [0.25, 0.3) is 0 Å². The standard InChI is InChI=1S/C14H13ClN4OS/c1-9-17-12(8-21-9)6-13-18-14(20-19-13)7-16-11-4-2-3-10(15)5-11/h2-5,8,16H,6-7H2,1H3. The first-order valence-corrected chi connectivity index (χ1v) is 7.67. The molecule has 1 aromatic carbocycles. The number of hydrogen-bond acceptors (Lipinski definition) is 6. The second-order valence-electron chi connectivity index (χ2n) is 4.50. The molecule has 0 unspecified atom stereocenters. The number of anilines is 1. The quantitative estimate of drug-likeness (QED) is 0.776. The highest BCUT2D eigenvalue weighted by Gasteiger charge is 2.09. The van der Waals surface area contributed by atoms with Crippen LogP contribution in [0.3, 0.4) is 0 Å². The number of thiazole rings is 1. The summed E-state index contributed by atoms with van der Waals surface area (Å²) in [7, 11) is 0. The molecule has 0 bridgehead atoms. The topological polar surface area (TPSA) is 63.8 Å². The minimum atomic E-state index is 0.462. The average Bonchev–Trinajstić information content (AvgIpc) is 3.06. The van der Waals surface area contributed by atoms with Crippen molar-refractivity contribution in [3.63, 3.8) is 0 Å². The van der Waals surface area contributed by atoms with E-state index in [1.165, 1.54) is 0 Å². The molecule has 108 valence electrons. The summed E-state index contributed by atoms with van der Waals surface area (Å²) in [6.45, 7) is 2.44. The lowest BCUT2D eigenvalue weighted by atomic mass is 10.3. The van der Waals surface area contributed by atoms with Gasteiger partial charge in [0.2, 0.25) is 5.89 Å². The fourth-order valence-corrected chi connectivity index (χ4v) is 2.66. The minimum Gasteiger partial charge on any atom is -0.376 e. The Morgan fingerprint density at radius 1 is 1.33 bits per heavy atom. The van der Waals surface area contributed by atoms with Gasteiger partial charge in [-0.25, -0.2) is 4.98 Å². The van der Waals surface area contributed by atoms with Crippen molar-refractivity contribution in [3.05, 3.63) is 57.1 Å². The molecule has 0 saturated heterocycles. The third-order valence-electron chi connectivity index (χ3n) is 2.78. The first-order valence-electron chi connectivity index (χ1n) is 6.41. The van der Waals surface area contributed by atoms with Crippen molar-refractivity contribution in [2.45, 2.75) is 19.9 Å². The molecule has 2 heterocycles. The zero-order valence-corrected chi connectivity index (χ0v) is 12.9. The molecular weight excluding hydrogens is 308 g/mol. The first-order chi connectivity index (χ1) is 10.2. The van der Waals surface area contributed by atoms with Crippen molar-refractivity contribution in [2.24, 2.45) is 0 Å². The van der Waals surface area contributed by atoms with Gasteiger partial charge in [0, 0.05) is 16.1 Å². The van der Waals surface area contributed by atoms with Crippen molar-refractivity contribution in [2.75, 3.05) is 5.32 Å². The van der Waals surface area contributed by atoms with Gasteiger partial charge >= 0.3 is 0 Å². The molecule has 0 radical (unpaired) electrons. The highest BCUT2D eigenvalue weighted by molar-refractivity contribution is 7.09. The Bertz CT molecular complexity index is 740. The van der Waals surface area contributed by atoms with Crippen LogP contribution in [0.4, 0.5) is 5.69 Å². The van der Waals surface area contributed by atoms with Crippen molar-refractivity contribution < 1.29 is 4.52 Å². The molecule has 0 atom stereocenters. The second kappa shape index (κ2) is 6.24. The molecule has 0 saturated carbocycles. The van der Waals surface area contributed by atoms with E-state index in [0.29, 0.717) is 29.7 Å². The highest BCUT2D eigenvalue weighted by Crippen LogP contribution is 2.16. The Morgan fingerprint density at radius 3 is 3.00 bits per heavy atom. The summed E-state index contributed by atoms with van der Waals surface area (Å²) in [5.74, 6) is 1.18. The Labute approximate surface area is 131 Å². The van der Waals surface area contributed by atoms with Crippen molar-refractivity contribution in [3.8, 4) is 0 Å². The van der Waals surface area contributed by atoms with E-state index in [4.69, 9.17) is 16.1 Å². The van der Waals surface area contributed by atoms with Gasteiger partial charge < -0.3 is 9.84 Å². The van der Waals surface area contributed by atoms with Crippen LogP contribution in [0, 0.1) is 6.92 Å². The smallest absolute Gasteiger partial charge is 0.245 e. The van der Waals surface area contributed by atoms with Gasteiger partial charge in [0.05, 0.1) is 23.7 Å². The fourth-order valence-electron chi connectivity index (χ4n) is 1.86. The lowest BCUT2D eigenvalue weighted by Gasteiger charge is -2.02. The predicted octanol–water partition coefficient (Wildman–Crippen LogP) is 3.69. The van der Waals surface area contributed by atoms with Gasteiger partial charge in [-0.1, -0.05) is 22.8 Å². The van der Waals surface area contributed by atoms with E-state index >= 15 is 0 Å². The van der Waals surface area contributed by atoms with Crippen LogP contribution in [0.15, 0.2) is 34.2 Å². The molecule has 0 amide bonds. The van der Waals surface area contributed by atoms with E-state index in [0.717, 1.165) is 16.4 Å². The van der Waals surface area contributed by atoms with E-state index in [-0.39, 0.29) is 0 Å². The molecule has 3 aromatic rings. The van der Waals surface area contributed by atoms with Gasteiger partial charge in [-0.15, -0.1) is 11.3 Å². The summed E-state index contributed by atoms with van der Waals surface area (Å²) in [5.41, 5.74) is 1.88. The van der Waals surface area contributed by atoms with E-state index < -0.39 is 0 Å². The molecule has 1 N–H and O–H groups in total. The van der Waals surface area contributed by atoms with E-state index in [1.807, 2.05) is 36.6 Å². The van der Waals surface area contributed by atoms with Gasteiger partial charge in [-0.05, 0) is 25.1 Å². The molecule has 0 fully saturated rings. The van der Waals surface area contributed by atoms with Gasteiger partial charge in [-0.3, -0.25) is 0 Å². The van der Waals surface area contributed by atoms with Crippen LogP contribution in [-0.4, -0.2) is 15.1 Å². The lowest BCUT2D eigenvalue weighted by Crippen LogP contribution is -2.00. The predicted molar refractivity (Wildman–Crippen MR) is 82.7 cm³/mol. The molecule has 2 aromatic heterocycles. The van der Waals surface area contributed by atoms with Gasteiger partial charge in [0.1, 0.15) is 0 Å². The molecule has 0 aliphatic heterocycles. The molecular formula is C14H13ClN4OS. The van der Waals surface area contributed by atoms with Crippen LogP contribution in [0.1, 0.15) is 22.4 Å². The number of aromatic nitrogens is 3. The summed E-state index contributed by atoms with van der Waals surface area (Å²) >= 11 is 7.54. The summed E-state index contributed by atoms with van der Waals surface area (Å²) < 4.78 is 5.21. The van der Waals surface area contributed by atoms with Crippen LogP contribution in [0.5, 0.6) is 0 Å². The minimum absolute atomic E-state index is 0.462. The number of benzene rings is 1. The number of nitrogens with zero attached hydrogens (tertiary/aromatic N) is 3. The molecule has 0 aliphatic rings. The van der Waals surface area contributed by atoms with Crippen molar-refractivity contribution in [1.29, 1.82) is 0 Å². The maximum absolute atomic E-state index is 5.93. The summed E-state index contributed by atoms with van der Waals surface area (Å²) in [5, 5.41) is 10.9. The van der Waals surface area contributed by atoms with Crippen LogP contribution < -0.4 is 5.32 Å². The molecule has 0 spiro atoms. The Balaban J connectivity index is 1.60. The SMILES string of the molecule is Cc1nc(Cc2noc(CNc3cccc(Cl)c3)n2)cs1. The van der Waals surface area contributed by atoms with Gasteiger partial charge in [0.15, 0.2) is 5.82 Å². The van der Waals surface area contributed by atoms with Crippen LogP contribution >= 0.6 is 22.9 Å². The largest absolute Gasteiger partial charge is 0.376 e. The molecule has 3 rings (SSSR count). The third-order valence-corrected chi connectivity index (χ3v) is 3.84. The number of hydrogen-bond donors (Lipinski definition) is 1. The molecule has 7 heteroatoms. The van der Waals surface area contributed by atoms with E-state index in [1.54, 1.807) is 11.3 Å². The number of nitrogens with one attached hydrogen (secondary N) is 1. The zero-order valence-electron chi connectivity index (χ0n) is 11.3. The normalized spacial score (nSPS) is 10.8. The maximum Gasteiger partial charge on any atom is 0.245 e. The van der Waals surface area contributed by atoms with Crippen molar-refractivity contribution >= 4 is 28.6 Å². The monoisotopic (exact) mass is 320 g/mol. The van der Waals surface area contributed by atoms with E-state index in [2.05, 4.69) is 20.4 Å². The number of halogens is 1. The zero-order chi connectivity index (χ0) is 14.7. The Kier molecular flexibility index (Phi) is 4.17. The van der Waals surface area contributed by atoms with Crippen LogP contribution in [0.2, 0.25) is 5.02 Å². The summed E-state index contributed by atoms with van der Waals surface area (Å²) in [6.07, 6.45) is 0.588. The maximum atomic E-state index is 5.93. The van der Waals surface area contributed by atoms with Gasteiger partial charge in [0.25, 0.3) is 0 Å². The fraction of sp³-hybridized carbons (Fsp3) is 0.214. The van der Waals surface area contributed by atoms with Crippen LogP contribution in [-0.2, 0) is 13.0 Å². The molecule has 0 aliphatic carbocycles. The summed E-state index contributed by atoms with van der Waals surface area (Å²) in [6, 6.07) is 7.49. The molecule has 5 nitrogen and oxygen atoms in total. The number of aryl methyl sites for hydroxylation is 1. The molecule has 21 heavy (non-hydrogen) atoms. The lowest BCUT2D eigenvalue weighted by molar-refractivity contribution is 0.378. The average molecular weight is 321 g/mol.